The maximum atomic E-state index is 13.6. The zero-order chi connectivity index (χ0) is 15.4. The van der Waals surface area contributed by atoms with Gasteiger partial charge in [-0.2, -0.15) is 18.3 Å². The number of fused-ring (bicyclic) bond motifs is 1. The molecular weight excluding hydrogens is 295 g/mol. The molecule has 0 bridgehead atoms. The standard InChI is InChI=1S/C13H15F5N2O/c14-12(15)6-8-9(11(12)21)10(13(16,17)18)19-20(8)7-4-2-1-3-5-7/h7,11,21H,1-6H2. The Labute approximate surface area is 117 Å². The first-order valence-electron chi connectivity index (χ1n) is 6.96. The van der Waals surface area contributed by atoms with Gasteiger partial charge in [0.15, 0.2) is 5.69 Å². The van der Waals surface area contributed by atoms with Crippen molar-refractivity contribution in [3.05, 3.63) is 17.0 Å². The summed E-state index contributed by atoms with van der Waals surface area (Å²) in [5.41, 5.74) is -2.27. The maximum Gasteiger partial charge on any atom is 0.435 e. The highest BCUT2D eigenvalue weighted by Gasteiger charge is 2.55. The van der Waals surface area contributed by atoms with Gasteiger partial charge in [-0.25, -0.2) is 8.78 Å². The van der Waals surface area contributed by atoms with Gasteiger partial charge in [0, 0.05) is 5.56 Å². The molecule has 1 heterocycles. The SMILES string of the molecule is OC1c2c(C(F)(F)F)nn(C3CCCCC3)c2CC1(F)F. The van der Waals surface area contributed by atoms with E-state index in [0.717, 1.165) is 23.9 Å². The predicted molar refractivity (Wildman–Crippen MR) is 63.0 cm³/mol. The van der Waals surface area contributed by atoms with Crippen LogP contribution in [0.5, 0.6) is 0 Å². The van der Waals surface area contributed by atoms with Crippen LogP contribution in [-0.2, 0) is 12.6 Å². The molecule has 1 N–H and O–H groups in total. The molecule has 2 aliphatic carbocycles. The van der Waals surface area contributed by atoms with Crippen LogP contribution in [0.3, 0.4) is 0 Å². The first-order valence-corrected chi connectivity index (χ1v) is 6.96. The number of alkyl halides is 5. The molecule has 0 aliphatic heterocycles. The highest BCUT2D eigenvalue weighted by molar-refractivity contribution is 5.38. The highest BCUT2D eigenvalue weighted by Crippen LogP contribution is 2.49. The van der Waals surface area contributed by atoms with Crippen molar-refractivity contribution in [2.75, 3.05) is 0 Å². The van der Waals surface area contributed by atoms with Crippen LogP contribution < -0.4 is 0 Å². The van der Waals surface area contributed by atoms with Crippen LogP contribution in [0.2, 0.25) is 0 Å². The minimum atomic E-state index is -4.84. The van der Waals surface area contributed by atoms with Crippen LogP contribution in [-0.4, -0.2) is 20.8 Å². The average molecular weight is 310 g/mol. The summed E-state index contributed by atoms with van der Waals surface area (Å²) in [6.07, 6.45) is -4.21. The third kappa shape index (κ3) is 2.33. The molecule has 1 unspecified atom stereocenters. The van der Waals surface area contributed by atoms with E-state index < -0.39 is 35.9 Å². The van der Waals surface area contributed by atoms with Crippen molar-refractivity contribution in [1.29, 1.82) is 0 Å². The van der Waals surface area contributed by atoms with Crippen molar-refractivity contribution in [3.63, 3.8) is 0 Å². The normalized spacial score (nSPS) is 26.1. The second-order valence-electron chi connectivity index (χ2n) is 5.78. The molecular formula is C13H15F5N2O. The van der Waals surface area contributed by atoms with Crippen molar-refractivity contribution in [2.45, 2.75) is 62.8 Å². The summed E-state index contributed by atoms with van der Waals surface area (Å²) in [6.45, 7) is 0. The molecule has 0 saturated heterocycles. The second-order valence-corrected chi connectivity index (χ2v) is 5.78. The highest BCUT2D eigenvalue weighted by atomic mass is 19.4. The van der Waals surface area contributed by atoms with Gasteiger partial charge in [-0.3, -0.25) is 4.68 Å². The Morgan fingerprint density at radius 3 is 2.33 bits per heavy atom. The van der Waals surface area contributed by atoms with E-state index in [1.807, 2.05) is 0 Å². The number of nitrogens with zero attached hydrogens (tertiary/aromatic N) is 2. The molecule has 1 aromatic heterocycles. The lowest BCUT2D eigenvalue weighted by Gasteiger charge is -2.24. The Morgan fingerprint density at radius 2 is 1.76 bits per heavy atom. The van der Waals surface area contributed by atoms with Gasteiger partial charge in [-0.05, 0) is 12.8 Å². The Bertz CT molecular complexity index is 545. The van der Waals surface area contributed by atoms with E-state index in [4.69, 9.17) is 0 Å². The van der Waals surface area contributed by atoms with Gasteiger partial charge in [-0.15, -0.1) is 0 Å². The summed E-state index contributed by atoms with van der Waals surface area (Å²) in [7, 11) is 0. The fourth-order valence-electron chi connectivity index (χ4n) is 3.31. The number of aromatic nitrogens is 2. The minimum Gasteiger partial charge on any atom is -0.382 e. The van der Waals surface area contributed by atoms with Crippen LogP contribution in [0.25, 0.3) is 0 Å². The Balaban J connectivity index is 2.09. The van der Waals surface area contributed by atoms with Crippen molar-refractivity contribution >= 4 is 0 Å². The summed E-state index contributed by atoms with van der Waals surface area (Å²) >= 11 is 0. The van der Waals surface area contributed by atoms with Crippen LogP contribution >= 0.6 is 0 Å². The Morgan fingerprint density at radius 1 is 1.14 bits per heavy atom. The second kappa shape index (κ2) is 4.66. The van der Waals surface area contributed by atoms with Crippen molar-refractivity contribution in [1.82, 2.24) is 9.78 Å². The molecule has 1 atom stereocenters. The number of rotatable bonds is 1. The lowest BCUT2D eigenvalue weighted by Crippen LogP contribution is -2.26. The van der Waals surface area contributed by atoms with Crippen molar-refractivity contribution in [2.24, 2.45) is 0 Å². The van der Waals surface area contributed by atoms with Crippen molar-refractivity contribution < 1.29 is 27.1 Å². The lowest BCUT2D eigenvalue weighted by atomic mass is 9.95. The lowest BCUT2D eigenvalue weighted by molar-refractivity contribution is -0.146. The molecule has 1 saturated carbocycles. The zero-order valence-corrected chi connectivity index (χ0v) is 11.1. The van der Waals surface area contributed by atoms with Gasteiger partial charge < -0.3 is 5.11 Å². The van der Waals surface area contributed by atoms with E-state index in [1.165, 1.54) is 0 Å². The first-order chi connectivity index (χ1) is 9.72. The largest absolute Gasteiger partial charge is 0.435 e. The third-order valence-corrected chi connectivity index (χ3v) is 4.32. The molecule has 3 rings (SSSR count). The number of hydrogen-bond donors (Lipinski definition) is 1. The summed E-state index contributed by atoms with van der Waals surface area (Å²) in [6, 6.07) is -0.287. The zero-order valence-electron chi connectivity index (χ0n) is 11.1. The van der Waals surface area contributed by atoms with E-state index in [1.54, 1.807) is 0 Å². The fraction of sp³-hybridized carbons (Fsp3) is 0.769. The predicted octanol–water partition coefficient (Wildman–Crippen LogP) is 3.63. The van der Waals surface area contributed by atoms with Gasteiger partial charge in [0.2, 0.25) is 0 Å². The molecule has 21 heavy (non-hydrogen) atoms. The molecule has 118 valence electrons. The van der Waals surface area contributed by atoms with Gasteiger partial charge in [-0.1, -0.05) is 19.3 Å². The summed E-state index contributed by atoms with van der Waals surface area (Å²) in [4.78, 5) is 0. The number of aliphatic hydroxyl groups excluding tert-OH is 1. The molecule has 0 radical (unpaired) electrons. The maximum absolute atomic E-state index is 13.6. The average Bonchev–Trinajstić information content (AvgIpc) is 2.86. The molecule has 0 aromatic carbocycles. The topological polar surface area (TPSA) is 38.1 Å². The van der Waals surface area contributed by atoms with Crippen LogP contribution in [0.1, 0.15) is 61.2 Å². The number of aliphatic hydroxyl groups is 1. The molecule has 0 spiro atoms. The van der Waals surface area contributed by atoms with E-state index in [2.05, 4.69) is 5.10 Å². The molecule has 8 heteroatoms. The van der Waals surface area contributed by atoms with E-state index >= 15 is 0 Å². The Kier molecular flexibility index (Phi) is 3.27. The van der Waals surface area contributed by atoms with E-state index in [-0.39, 0.29) is 11.7 Å². The van der Waals surface area contributed by atoms with Crippen LogP contribution in [0, 0.1) is 0 Å². The van der Waals surface area contributed by atoms with E-state index in [0.29, 0.717) is 12.8 Å². The van der Waals surface area contributed by atoms with Gasteiger partial charge in [0.25, 0.3) is 5.92 Å². The molecule has 1 fully saturated rings. The number of halogens is 5. The van der Waals surface area contributed by atoms with Crippen LogP contribution in [0.15, 0.2) is 0 Å². The van der Waals surface area contributed by atoms with E-state index in [9.17, 15) is 27.1 Å². The first kappa shape index (κ1) is 14.7. The summed E-state index contributed by atoms with van der Waals surface area (Å²) < 4.78 is 67.4. The molecule has 2 aliphatic rings. The monoisotopic (exact) mass is 310 g/mol. The molecule has 0 amide bonds. The summed E-state index contributed by atoms with van der Waals surface area (Å²) in [5.74, 6) is -3.57. The third-order valence-electron chi connectivity index (χ3n) is 4.32. The van der Waals surface area contributed by atoms with Gasteiger partial charge in [0.1, 0.15) is 6.10 Å². The fourth-order valence-corrected chi connectivity index (χ4v) is 3.31. The quantitative estimate of drug-likeness (QED) is 0.804. The minimum absolute atomic E-state index is 0.160. The van der Waals surface area contributed by atoms with Crippen LogP contribution in [0.4, 0.5) is 22.0 Å². The smallest absolute Gasteiger partial charge is 0.382 e. The molecule has 1 aromatic rings. The number of hydrogen-bond acceptors (Lipinski definition) is 2. The Hall–Kier alpha value is -1.18. The molecule has 3 nitrogen and oxygen atoms in total. The van der Waals surface area contributed by atoms with Gasteiger partial charge in [0.05, 0.1) is 18.2 Å². The van der Waals surface area contributed by atoms with Crippen molar-refractivity contribution in [3.8, 4) is 0 Å². The summed E-state index contributed by atoms with van der Waals surface area (Å²) in [5, 5.41) is 13.1. The van der Waals surface area contributed by atoms with Gasteiger partial charge >= 0.3 is 6.18 Å².